The summed E-state index contributed by atoms with van der Waals surface area (Å²) < 4.78 is 0. The molecule has 1 atom stereocenters. The first-order chi connectivity index (χ1) is 11.2. The smallest absolute Gasteiger partial charge is 0.235 e. The van der Waals surface area contributed by atoms with Gasteiger partial charge in [-0.3, -0.25) is 4.79 Å². The van der Waals surface area contributed by atoms with Crippen LogP contribution in [0.15, 0.2) is 42.5 Å². The molecule has 2 aromatic carbocycles. The fourth-order valence-corrected chi connectivity index (χ4v) is 4.10. The Morgan fingerprint density at radius 2 is 1.75 bits per heavy atom. The van der Waals surface area contributed by atoms with Crippen molar-refractivity contribution in [3.8, 4) is 0 Å². The Balaban J connectivity index is 2.12. The lowest BCUT2D eigenvalue weighted by molar-refractivity contribution is -0.121. The molecule has 1 aliphatic heterocycles. The Morgan fingerprint density at radius 1 is 1.04 bits per heavy atom. The van der Waals surface area contributed by atoms with E-state index in [1.54, 1.807) is 0 Å². The minimum atomic E-state index is -0.608. The van der Waals surface area contributed by atoms with Crippen LogP contribution in [0.25, 0.3) is 0 Å². The molecule has 3 rings (SSSR count). The van der Waals surface area contributed by atoms with Gasteiger partial charge in [0.25, 0.3) is 0 Å². The second-order valence-electron chi connectivity index (χ2n) is 7.77. The van der Waals surface area contributed by atoms with E-state index in [0.717, 1.165) is 23.2 Å². The summed E-state index contributed by atoms with van der Waals surface area (Å²) in [5.41, 5.74) is 2.29. The second-order valence-corrected chi connectivity index (χ2v) is 8.64. The topological polar surface area (TPSA) is 29.1 Å². The van der Waals surface area contributed by atoms with Gasteiger partial charge in [-0.25, -0.2) is 0 Å². The lowest BCUT2D eigenvalue weighted by atomic mass is 9.67. The first kappa shape index (κ1) is 17.3. The zero-order valence-corrected chi connectivity index (χ0v) is 15.6. The van der Waals surface area contributed by atoms with Crippen molar-refractivity contribution < 1.29 is 4.79 Å². The molecular weight excluding hydrogens is 341 g/mol. The summed E-state index contributed by atoms with van der Waals surface area (Å²) in [7, 11) is 0. The maximum atomic E-state index is 13.0. The van der Waals surface area contributed by atoms with Gasteiger partial charge in [0.1, 0.15) is 0 Å². The van der Waals surface area contributed by atoms with E-state index in [0.29, 0.717) is 16.5 Å². The molecule has 1 unspecified atom stereocenters. The molecule has 1 heterocycles. The molecule has 0 saturated heterocycles. The van der Waals surface area contributed by atoms with Crippen LogP contribution in [0.3, 0.4) is 0 Å². The normalized spacial score (nSPS) is 20.0. The van der Waals surface area contributed by atoms with Gasteiger partial charge in [-0.15, -0.1) is 0 Å². The Kier molecular flexibility index (Phi) is 4.39. The quantitative estimate of drug-likeness (QED) is 0.728. The highest BCUT2D eigenvalue weighted by Crippen LogP contribution is 2.47. The zero-order chi connectivity index (χ0) is 17.5. The minimum absolute atomic E-state index is 0.00282. The van der Waals surface area contributed by atoms with Crippen LogP contribution >= 0.6 is 23.2 Å². The van der Waals surface area contributed by atoms with Crippen molar-refractivity contribution in [2.24, 2.45) is 5.41 Å². The third-order valence-electron chi connectivity index (χ3n) is 4.41. The molecule has 1 amide bonds. The Labute approximate surface area is 153 Å². The molecule has 0 fully saturated rings. The molecule has 0 radical (unpaired) electrons. The van der Waals surface area contributed by atoms with Gasteiger partial charge < -0.3 is 5.32 Å². The number of anilines is 1. The monoisotopic (exact) mass is 361 g/mol. The van der Waals surface area contributed by atoms with Gasteiger partial charge in [0.2, 0.25) is 5.91 Å². The molecule has 0 aromatic heterocycles. The number of fused-ring (bicyclic) bond motifs is 1. The zero-order valence-electron chi connectivity index (χ0n) is 14.1. The molecule has 0 spiro atoms. The van der Waals surface area contributed by atoms with Crippen LogP contribution in [0.5, 0.6) is 0 Å². The van der Waals surface area contributed by atoms with Gasteiger partial charge >= 0.3 is 0 Å². The third kappa shape index (κ3) is 3.31. The number of benzene rings is 2. The van der Waals surface area contributed by atoms with Gasteiger partial charge in [-0.2, -0.15) is 0 Å². The number of hydrogen-bond acceptors (Lipinski definition) is 1. The summed E-state index contributed by atoms with van der Waals surface area (Å²) in [5.74, 6) is 0.0367. The summed E-state index contributed by atoms with van der Waals surface area (Å²) in [6, 6.07) is 13.4. The highest BCUT2D eigenvalue weighted by molar-refractivity contribution is 6.31. The predicted molar refractivity (Wildman–Crippen MR) is 101 cm³/mol. The van der Waals surface area contributed by atoms with Gasteiger partial charge in [0, 0.05) is 15.7 Å². The molecule has 2 nitrogen and oxygen atoms in total. The number of amides is 1. The minimum Gasteiger partial charge on any atom is -0.325 e. The molecule has 126 valence electrons. The molecule has 0 bridgehead atoms. The Bertz CT molecular complexity index is 794. The maximum Gasteiger partial charge on any atom is 0.235 e. The summed E-state index contributed by atoms with van der Waals surface area (Å²) in [4.78, 5) is 13.0. The Hall–Kier alpha value is -1.51. The number of nitrogens with one attached hydrogen (secondary N) is 1. The molecule has 24 heavy (non-hydrogen) atoms. The van der Waals surface area contributed by atoms with E-state index in [-0.39, 0.29) is 11.3 Å². The first-order valence-corrected chi connectivity index (χ1v) is 8.81. The van der Waals surface area contributed by atoms with E-state index >= 15 is 0 Å². The van der Waals surface area contributed by atoms with Crippen LogP contribution in [0.4, 0.5) is 5.69 Å². The van der Waals surface area contributed by atoms with E-state index in [2.05, 4.69) is 26.1 Å². The van der Waals surface area contributed by atoms with Crippen molar-refractivity contribution in [3.63, 3.8) is 0 Å². The summed E-state index contributed by atoms with van der Waals surface area (Å²) in [5, 5.41) is 4.35. The molecular formula is C20H21Cl2NO. The summed E-state index contributed by atoms with van der Waals surface area (Å²) in [6.07, 6.45) is 1.36. The Morgan fingerprint density at radius 3 is 2.42 bits per heavy atom. The number of halogens is 2. The largest absolute Gasteiger partial charge is 0.325 e. The average molecular weight is 362 g/mol. The lowest BCUT2D eigenvalue weighted by Crippen LogP contribution is -2.40. The van der Waals surface area contributed by atoms with Gasteiger partial charge in [0.15, 0.2) is 0 Å². The molecule has 1 aliphatic rings. The fraction of sp³-hybridized carbons (Fsp3) is 0.350. The van der Waals surface area contributed by atoms with Crippen LogP contribution < -0.4 is 5.32 Å². The van der Waals surface area contributed by atoms with E-state index in [1.807, 2.05) is 42.5 Å². The van der Waals surface area contributed by atoms with Gasteiger partial charge in [-0.05, 0) is 53.6 Å². The van der Waals surface area contributed by atoms with Gasteiger partial charge in [0.05, 0.1) is 5.41 Å². The highest BCUT2D eigenvalue weighted by atomic mass is 35.5. The SMILES string of the molecule is CC(C)(C)CC1(Cc2cccc(Cl)c2)C(=O)Nc2cc(Cl)ccc21. The van der Waals surface area contributed by atoms with Crippen LogP contribution in [0.2, 0.25) is 10.0 Å². The standard InChI is InChI=1S/C20H21Cl2NO/c1-19(2,3)12-20(11-13-5-4-6-14(21)9-13)16-8-7-15(22)10-17(16)23-18(20)24/h4-10H,11-12H2,1-3H3,(H,23,24). The fourth-order valence-electron chi connectivity index (χ4n) is 3.72. The third-order valence-corrected chi connectivity index (χ3v) is 4.88. The van der Waals surface area contributed by atoms with Crippen molar-refractivity contribution >= 4 is 34.8 Å². The summed E-state index contributed by atoms with van der Waals surface area (Å²) in [6.45, 7) is 6.48. The van der Waals surface area contributed by atoms with Crippen LogP contribution in [0, 0.1) is 5.41 Å². The second kappa shape index (κ2) is 6.09. The van der Waals surface area contributed by atoms with E-state index < -0.39 is 5.41 Å². The van der Waals surface area contributed by atoms with Crippen molar-refractivity contribution in [3.05, 3.63) is 63.6 Å². The molecule has 1 N–H and O–H groups in total. The highest BCUT2D eigenvalue weighted by Gasteiger charge is 2.48. The van der Waals surface area contributed by atoms with E-state index in [1.165, 1.54) is 0 Å². The molecule has 2 aromatic rings. The lowest BCUT2D eigenvalue weighted by Gasteiger charge is -2.34. The number of rotatable bonds is 3. The predicted octanol–water partition coefficient (Wildman–Crippen LogP) is 5.86. The maximum absolute atomic E-state index is 13.0. The molecule has 0 saturated carbocycles. The van der Waals surface area contributed by atoms with Crippen molar-refractivity contribution in [1.29, 1.82) is 0 Å². The van der Waals surface area contributed by atoms with Gasteiger partial charge in [-0.1, -0.05) is 62.2 Å². The number of hydrogen-bond donors (Lipinski definition) is 1. The van der Waals surface area contributed by atoms with Crippen molar-refractivity contribution in [1.82, 2.24) is 0 Å². The molecule has 4 heteroatoms. The van der Waals surface area contributed by atoms with Crippen LogP contribution in [0.1, 0.15) is 38.3 Å². The van der Waals surface area contributed by atoms with E-state index in [9.17, 15) is 4.79 Å². The van der Waals surface area contributed by atoms with Crippen LogP contribution in [-0.2, 0) is 16.6 Å². The van der Waals surface area contributed by atoms with E-state index in [4.69, 9.17) is 23.2 Å². The van der Waals surface area contributed by atoms with Crippen LogP contribution in [-0.4, -0.2) is 5.91 Å². The molecule has 0 aliphatic carbocycles. The number of carbonyl (C=O) groups is 1. The van der Waals surface area contributed by atoms with Crippen molar-refractivity contribution in [2.45, 2.75) is 39.0 Å². The van der Waals surface area contributed by atoms with Crippen molar-refractivity contribution in [2.75, 3.05) is 5.32 Å². The summed E-state index contributed by atoms with van der Waals surface area (Å²) >= 11 is 12.3. The number of carbonyl (C=O) groups excluding carboxylic acids is 1. The average Bonchev–Trinajstić information content (AvgIpc) is 2.68. The first-order valence-electron chi connectivity index (χ1n) is 8.06.